The average molecular weight is 428 g/mol. The Morgan fingerprint density at radius 3 is 2.25 bits per heavy atom. The number of hydrogen-bond acceptors (Lipinski definition) is 8. The van der Waals surface area contributed by atoms with Gasteiger partial charge in [0, 0.05) is 46.3 Å². The predicted octanol–water partition coefficient (Wildman–Crippen LogP) is 1.92. The lowest BCUT2D eigenvalue weighted by atomic mass is 10.3. The molecular formula is C17H23Cl2N7O2. The first-order chi connectivity index (χ1) is 13.3. The minimum Gasteiger partial charge on any atom is -0.482 e. The van der Waals surface area contributed by atoms with Crippen molar-refractivity contribution < 1.29 is 9.53 Å². The van der Waals surface area contributed by atoms with Gasteiger partial charge in [0.25, 0.3) is 5.91 Å². The van der Waals surface area contributed by atoms with Gasteiger partial charge in [0.05, 0.1) is 5.02 Å². The number of benzene rings is 1. The molecule has 1 heterocycles. The summed E-state index contributed by atoms with van der Waals surface area (Å²) < 4.78 is 5.39. The molecule has 0 atom stereocenters. The summed E-state index contributed by atoms with van der Waals surface area (Å²) in [5.74, 6) is 1.64. The molecule has 0 unspecified atom stereocenters. The van der Waals surface area contributed by atoms with Crippen LogP contribution in [0.5, 0.6) is 5.75 Å². The lowest BCUT2D eigenvalue weighted by Gasteiger charge is -2.16. The quantitative estimate of drug-likeness (QED) is 0.585. The molecule has 0 aliphatic carbocycles. The van der Waals surface area contributed by atoms with E-state index in [1.807, 2.05) is 28.2 Å². The van der Waals surface area contributed by atoms with E-state index in [2.05, 4.69) is 25.6 Å². The predicted molar refractivity (Wildman–Crippen MR) is 112 cm³/mol. The minimum absolute atomic E-state index is 0.150. The number of aromatic nitrogens is 3. The number of halogens is 2. The van der Waals surface area contributed by atoms with E-state index in [-0.39, 0.29) is 12.5 Å². The maximum Gasteiger partial charge on any atom is 0.258 e. The highest BCUT2D eigenvalue weighted by Crippen LogP contribution is 2.27. The summed E-state index contributed by atoms with van der Waals surface area (Å²) in [6, 6.07) is 4.81. The number of anilines is 3. The fourth-order valence-electron chi connectivity index (χ4n) is 2.00. The molecule has 9 nitrogen and oxygen atoms in total. The highest BCUT2D eigenvalue weighted by Gasteiger charge is 2.10. The number of nitrogens with one attached hydrogen (secondary N) is 2. The van der Waals surface area contributed by atoms with Crippen LogP contribution in [0.3, 0.4) is 0 Å². The Morgan fingerprint density at radius 1 is 1.04 bits per heavy atom. The van der Waals surface area contributed by atoms with Gasteiger partial charge in [-0.3, -0.25) is 4.79 Å². The number of rotatable bonds is 9. The molecule has 0 spiro atoms. The third kappa shape index (κ3) is 6.58. The normalized spacial score (nSPS) is 10.4. The first kappa shape index (κ1) is 21.8. The van der Waals surface area contributed by atoms with Crippen molar-refractivity contribution in [2.75, 3.05) is 63.0 Å². The summed E-state index contributed by atoms with van der Waals surface area (Å²) in [6.07, 6.45) is 0. The summed E-state index contributed by atoms with van der Waals surface area (Å²) in [4.78, 5) is 28.5. The van der Waals surface area contributed by atoms with E-state index in [1.54, 1.807) is 28.0 Å². The van der Waals surface area contributed by atoms with Crippen molar-refractivity contribution in [3.05, 3.63) is 28.2 Å². The molecule has 2 N–H and O–H groups in total. The second kappa shape index (κ2) is 10.1. The van der Waals surface area contributed by atoms with Crippen molar-refractivity contribution >= 4 is 47.0 Å². The molecule has 28 heavy (non-hydrogen) atoms. The van der Waals surface area contributed by atoms with E-state index in [4.69, 9.17) is 27.9 Å². The molecule has 2 rings (SSSR count). The number of carbonyl (C=O) groups excluding carboxylic acids is 1. The maximum absolute atomic E-state index is 11.9. The van der Waals surface area contributed by atoms with Gasteiger partial charge in [-0.2, -0.15) is 15.0 Å². The molecule has 0 saturated heterocycles. The van der Waals surface area contributed by atoms with E-state index in [1.165, 1.54) is 0 Å². The van der Waals surface area contributed by atoms with Crippen LogP contribution in [0.2, 0.25) is 10.0 Å². The van der Waals surface area contributed by atoms with E-state index < -0.39 is 0 Å². The largest absolute Gasteiger partial charge is 0.482 e. The zero-order valence-electron chi connectivity index (χ0n) is 16.2. The minimum atomic E-state index is -0.272. The van der Waals surface area contributed by atoms with E-state index in [9.17, 15) is 4.79 Å². The third-order valence-corrected chi connectivity index (χ3v) is 3.93. The Morgan fingerprint density at radius 2 is 1.68 bits per heavy atom. The summed E-state index contributed by atoms with van der Waals surface area (Å²) in [5.41, 5.74) is 0. The Bertz CT molecular complexity index is 792. The molecule has 0 aliphatic rings. The zero-order valence-corrected chi connectivity index (χ0v) is 17.7. The second-order valence-corrected chi connectivity index (χ2v) is 7.03. The van der Waals surface area contributed by atoms with Gasteiger partial charge in [-0.05, 0) is 18.2 Å². The van der Waals surface area contributed by atoms with Crippen molar-refractivity contribution in [2.45, 2.75) is 0 Å². The Kier molecular flexibility index (Phi) is 7.89. The first-order valence-electron chi connectivity index (χ1n) is 8.45. The van der Waals surface area contributed by atoms with Gasteiger partial charge in [0.1, 0.15) is 5.75 Å². The average Bonchev–Trinajstić information content (AvgIpc) is 2.64. The van der Waals surface area contributed by atoms with E-state index >= 15 is 0 Å². The highest BCUT2D eigenvalue weighted by molar-refractivity contribution is 6.35. The Balaban J connectivity index is 1.79. The molecule has 1 amide bonds. The lowest BCUT2D eigenvalue weighted by molar-refractivity contribution is -0.123. The molecule has 152 valence electrons. The summed E-state index contributed by atoms with van der Waals surface area (Å²) >= 11 is 11.8. The van der Waals surface area contributed by atoms with Crippen LogP contribution in [-0.4, -0.2) is 68.7 Å². The number of carbonyl (C=O) groups is 1. The van der Waals surface area contributed by atoms with Crippen molar-refractivity contribution in [1.82, 2.24) is 20.3 Å². The van der Waals surface area contributed by atoms with Crippen molar-refractivity contribution in [3.8, 4) is 5.75 Å². The second-order valence-electron chi connectivity index (χ2n) is 6.19. The Hall–Kier alpha value is -2.52. The molecule has 2 aromatic rings. The van der Waals surface area contributed by atoms with Crippen LogP contribution in [0.15, 0.2) is 18.2 Å². The third-order valence-electron chi connectivity index (χ3n) is 3.39. The fourth-order valence-corrected chi connectivity index (χ4v) is 2.46. The van der Waals surface area contributed by atoms with Crippen molar-refractivity contribution in [1.29, 1.82) is 0 Å². The van der Waals surface area contributed by atoms with Crippen LogP contribution >= 0.6 is 23.2 Å². The first-order valence-corrected chi connectivity index (χ1v) is 9.21. The van der Waals surface area contributed by atoms with Gasteiger partial charge in [-0.1, -0.05) is 23.2 Å². The summed E-state index contributed by atoms with van der Waals surface area (Å²) in [7, 11) is 7.41. The molecule has 0 radical (unpaired) electrons. The van der Waals surface area contributed by atoms with Gasteiger partial charge >= 0.3 is 0 Å². The van der Waals surface area contributed by atoms with Gasteiger partial charge in [0.2, 0.25) is 17.8 Å². The summed E-state index contributed by atoms with van der Waals surface area (Å²) in [6.45, 7) is 0.663. The Labute approximate surface area is 174 Å². The highest BCUT2D eigenvalue weighted by atomic mass is 35.5. The van der Waals surface area contributed by atoms with Gasteiger partial charge in [0.15, 0.2) is 6.61 Å². The van der Waals surface area contributed by atoms with Gasteiger partial charge < -0.3 is 25.2 Å². The molecule has 1 aromatic carbocycles. The van der Waals surface area contributed by atoms with Crippen molar-refractivity contribution in [3.63, 3.8) is 0 Å². The monoisotopic (exact) mass is 427 g/mol. The lowest BCUT2D eigenvalue weighted by Crippen LogP contribution is -2.33. The van der Waals surface area contributed by atoms with Crippen LogP contribution in [0.4, 0.5) is 17.8 Å². The number of ether oxygens (including phenoxy) is 1. The molecule has 0 aliphatic heterocycles. The number of hydrogen-bond donors (Lipinski definition) is 2. The number of amides is 1. The summed E-state index contributed by atoms with van der Waals surface area (Å²) in [5, 5.41) is 6.67. The zero-order chi connectivity index (χ0) is 20.7. The molecule has 11 heteroatoms. The molecular weight excluding hydrogens is 405 g/mol. The van der Waals surface area contributed by atoms with Crippen LogP contribution in [0.25, 0.3) is 0 Å². The topological polar surface area (TPSA) is 95.5 Å². The standard InChI is InChI=1S/C17H23Cl2N7O2/c1-25(2)16-22-15(23-17(24-16)26(3)4)21-8-7-20-14(27)10-28-13-6-5-11(18)9-12(13)19/h5-6,9H,7-8,10H2,1-4H3,(H,20,27)(H,21,22,23,24). The van der Waals surface area contributed by atoms with Crippen LogP contribution < -0.4 is 25.2 Å². The smallest absolute Gasteiger partial charge is 0.258 e. The van der Waals surface area contributed by atoms with Gasteiger partial charge in [-0.25, -0.2) is 0 Å². The molecule has 0 fully saturated rings. The SMILES string of the molecule is CN(C)c1nc(NCCNC(=O)COc2ccc(Cl)cc2Cl)nc(N(C)C)n1. The van der Waals surface area contributed by atoms with E-state index in [0.717, 1.165) is 0 Å². The molecule has 0 saturated carbocycles. The number of nitrogens with zero attached hydrogens (tertiary/aromatic N) is 5. The van der Waals surface area contributed by atoms with Crippen molar-refractivity contribution in [2.24, 2.45) is 0 Å². The molecule has 0 bridgehead atoms. The van der Waals surface area contributed by atoms with Crippen LogP contribution in [-0.2, 0) is 4.79 Å². The molecule has 1 aromatic heterocycles. The van der Waals surface area contributed by atoms with Crippen LogP contribution in [0, 0.1) is 0 Å². The maximum atomic E-state index is 11.9. The van der Waals surface area contributed by atoms with Gasteiger partial charge in [-0.15, -0.1) is 0 Å². The van der Waals surface area contributed by atoms with Crippen LogP contribution in [0.1, 0.15) is 0 Å². The van der Waals surface area contributed by atoms with E-state index in [0.29, 0.717) is 46.7 Å². The fraction of sp³-hybridized carbons (Fsp3) is 0.412.